The van der Waals surface area contributed by atoms with Crippen molar-refractivity contribution in [2.45, 2.75) is 26.8 Å². The van der Waals surface area contributed by atoms with E-state index in [1.54, 1.807) is 0 Å². The fourth-order valence-corrected chi connectivity index (χ4v) is 2.19. The SMILES string of the molecule is CCCNCCNC(=O)Cn1c(C)nc2ccccc21.Cl.Cl. The summed E-state index contributed by atoms with van der Waals surface area (Å²) in [7, 11) is 0. The predicted molar refractivity (Wildman–Crippen MR) is 95.1 cm³/mol. The Morgan fingerprint density at radius 2 is 1.91 bits per heavy atom. The number of aromatic nitrogens is 2. The summed E-state index contributed by atoms with van der Waals surface area (Å²) in [5, 5.41) is 6.18. The summed E-state index contributed by atoms with van der Waals surface area (Å²) in [5.41, 5.74) is 1.94. The molecule has 2 aromatic rings. The summed E-state index contributed by atoms with van der Waals surface area (Å²) >= 11 is 0. The van der Waals surface area contributed by atoms with Crippen molar-refractivity contribution in [1.29, 1.82) is 0 Å². The molecule has 0 saturated carbocycles. The third-order valence-corrected chi connectivity index (χ3v) is 3.20. The van der Waals surface area contributed by atoms with Crippen LogP contribution in [0.5, 0.6) is 0 Å². The molecule has 0 radical (unpaired) electrons. The molecule has 124 valence electrons. The number of fused-ring (bicyclic) bond motifs is 1. The van der Waals surface area contributed by atoms with E-state index in [1.165, 1.54) is 0 Å². The van der Waals surface area contributed by atoms with Crippen LogP contribution in [0.1, 0.15) is 19.2 Å². The first-order valence-corrected chi connectivity index (χ1v) is 7.11. The van der Waals surface area contributed by atoms with Crippen molar-refractivity contribution in [3.8, 4) is 0 Å². The van der Waals surface area contributed by atoms with E-state index in [1.807, 2.05) is 35.8 Å². The first kappa shape index (κ1) is 20.7. The third-order valence-electron chi connectivity index (χ3n) is 3.20. The maximum Gasteiger partial charge on any atom is 0.240 e. The zero-order chi connectivity index (χ0) is 14.4. The normalized spacial score (nSPS) is 9.91. The number of nitrogens with one attached hydrogen (secondary N) is 2. The highest BCUT2D eigenvalue weighted by Crippen LogP contribution is 2.14. The standard InChI is InChI=1S/C15H22N4O.2ClH/c1-3-8-16-9-10-17-15(20)11-19-12(2)18-13-6-4-5-7-14(13)19;;/h4-7,16H,3,8-11H2,1-2H3,(H,17,20);2*1H. The van der Waals surface area contributed by atoms with E-state index in [-0.39, 0.29) is 30.7 Å². The first-order valence-electron chi connectivity index (χ1n) is 7.11. The maximum atomic E-state index is 12.0. The minimum absolute atomic E-state index is 0. The Kier molecular flexibility index (Phi) is 9.81. The molecule has 0 unspecified atom stereocenters. The van der Waals surface area contributed by atoms with Gasteiger partial charge in [-0.25, -0.2) is 4.98 Å². The lowest BCUT2D eigenvalue weighted by Gasteiger charge is -2.08. The van der Waals surface area contributed by atoms with Gasteiger partial charge >= 0.3 is 0 Å². The molecule has 1 amide bonds. The zero-order valence-corrected chi connectivity index (χ0v) is 14.6. The van der Waals surface area contributed by atoms with Gasteiger partial charge in [0, 0.05) is 13.1 Å². The predicted octanol–water partition coefficient (Wildman–Crippen LogP) is 2.30. The van der Waals surface area contributed by atoms with Gasteiger partial charge < -0.3 is 15.2 Å². The number of amides is 1. The average Bonchev–Trinajstić information content (AvgIpc) is 2.75. The monoisotopic (exact) mass is 346 g/mol. The Morgan fingerprint density at radius 3 is 2.64 bits per heavy atom. The highest BCUT2D eigenvalue weighted by Gasteiger charge is 2.09. The van der Waals surface area contributed by atoms with Crippen LogP contribution in [-0.4, -0.2) is 35.1 Å². The van der Waals surface area contributed by atoms with E-state index in [9.17, 15) is 4.79 Å². The highest BCUT2D eigenvalue weighted by molar-refractivity contribution is 5.85. The quantitative estimate of drug-likeness (QED) is 0.756. The molecule has 2 rings (SSSR count). The van der Waals surface area contributed by atoms with E-state index >= 15 is 0 Å². The van der Waals surface area contributed by atoms with Crippen molar-refractivity contribution in [1.82, 2.24) is 20.2 Å². The molecular formula is C15H24Cl2N4O. The number of nitrogens with zero attached hydrogens (tertiary/aromatic N) is 2. The lowest BCUT2D eigenvalue weighted by molar-refractivity contribution is -0.121. The third kappa shape index (κ3) is 5.48. The van der Waals surface area contributed by atoms with Crippen molar-refractivity contribution in [3.63, 3.8) is 0 Å². The molecule has 0 spiro atoms. The van der Waals surface area contributed by atoms with E-state index < -0.39 is 0 Å². The number of imidazole rings is 1. The molecule has 7 heteroatoms. The number of para-hydroxylation sites is 2. The molecule has 2 N–H and O–H groups in total. The van der Waals surface area contributed by atoms with Crippen molar-refractivity contribution >= 4 is 41.8 Å². The Balaban J connectivity index is 0.00000220. The van der Waals surface area contributed by atoms with E-state index in [2.05, 4.69) is 22.5 Å². The Hall–Kier alpha value is -1.30. The van der Waals surface area contributed by atoms with Gasteiger partial charge in [0.15, 0.2) is 0 Å². The van der Waals surface area contributed by atoms with Crippen molar-refractivity contribution in [2.24, 2.45) is 0 Å². The van der Waals surface area contributed by atoms with Crippen LogP contribution in [0, 0.1) is 6.92 Å². The molecule has 5 nitrogen and oxygen atoms in total. The summed E-state index contributed by atoms with van der Waals surface area (Å²) in [6.45, 7) is 6.82. The number of rotatable bonds is 7. The number of hydrogen-bond donors (Lipinski definition) is 2. The van der Waals surface area contributed by atoms with Crippen LogP contribution >= 0.6 is 24.8 Å². The van der Waals surface area contributed by atoms with Gasteiger partial charge in [0.1, 0.15) is 12.4 Å². The van der Waals surface area contributed by atoms with Crippen molar-refractivity contribution in [3.05, 3.63) is 30.1 Å². The van der Waals surface area contributed by atoms with Crippen LogP contribution in [-0.2, 0) is 11.3 Å². The number of carbonyl (C=O) groups excluding carboxylic acids is 1. The van der Waals surface area contributed by atoms with E-state index in [0.717, 1.165) is 36.4 Å². The van der Waals surface area contributed by atoms with Crippen LogP contribution in [0.2, 0.25) is 0 Å². The summed E-state index contributed by atoms with van der Waals surface area (Å²) in [6, 6.07) is 7.88. The van der Waals surface area contributed by atoms with Crippen LogP contribution in [0.15, 0.2) is 24.3 Å². The largest absolute Gasteiger partial charge is 0.353 e. The van der Waals surface area contributed by atoms with Gasteiger partial charge in [0.05, 0.1) is 11.0 Å². The molecule has 1 aromatic heterocycles. The first-order chi connectivity index (χ1) is 9.72. The molecule has 0 aliphatic rings. The molecule has 0 fully saturated rings. The second kappa shape index (κ2) is 10.4. The second-order valence-electron chi connectivity index (χ2n) is 4.83. The second-order valence-corrected chi connectivity index (χ2v) is 4.83. The summed E-state index contributed by atoms with van der Waals surface area (Å²) in [4.78, 5) is 16.4. The van der Waals surface area contributed by atoms with Crippen LogP contribution < -0.4 is 10.6 Å². The fourth-order valence-electron chi connectivity index (χ4n) is 2.19. The van der Waals surface area contributed by atoms with Crippen molar-refractivity contribution in [2.75, 3.05) is 19.6 Å². The minimum Gasteiger partial charge on any atom is -0.353 e. The number of aryl methyl sites for hydroxylation is 1. The molecule has 1 aromatic carbocycles. The molecule has 0 saturated heterocycles. The Labute approximate surface area is 143 Å². The highest BCUT2D eigenvalue weighted by atomic mass is 35.5. The summed E-state index contributed by atoms with van der Waals surface area (Å²) in [6.07, 6.45) is 1.11. The van der Waals surface area contributed by atoms with E-state index in [4.69, 9.17) is 0 Å². The zero-order valence-electron chi connectivity index (χ0n) is 13.0. The summed E-state index contributed by atoms with van der Waals surface area (Å²) in [5.74, 6) is 0.889. The van der Waals surface area contributed by atoms with Crippen molar-refractivity contribution < 1.29 is 4.79 Å². The van der Waals surface area contributed by atoms with Crippen LogP contribution in [0.25, 0.3) is 11.0 Å². The topological polar surface area (TPSA) is 58.9 Å². The molecule has 22 heavy (non-hydrogen) atoms. The lowest BCUT2D eigenvalue weighted by atomic mass is 10.3. The molecule has 0 atom stereocenters. The van der Waals surface area contributed by atoms with Gasteiger partial charge in [-0.3, -0.25) is 4.79 Å². The minimum atomic E-state index is 0. The van der Waals surface area contributed by atoms with Gasteiger partial charge in [0.25, 0.3) is 0 Å². The fraction of sp³-hybridized carbons (Fsp3) is 0.467. The Bertz CT molecular complexity index is 586. The smallest absolute Gasteiger partial charge is 0.240 e. The number of carbonyl (C=O) groups is 1. The van der Waals surface area contributed by atoms with Gasteiger partial charge in [-0.1, -0.05) is 19.1 Å². The molecular weight excluding hydrogens is 323 g/mol. The molecule has 0 aliphatic heterocycles. The van der Waals surface area contributed by atoms with E-state index in [0.29, 0.717) is 13.1 Å². The molecule has 0 bridgehead atoms. The van der Waals surface area contributed by atoms with Gasteiger partial charge in [-0.2, -0.15) is 0 Å². The lowest BCUT2D eigenvalue weighted by Crippen LogP contribution is -2.34. The van der Waals surface area contributed by atoms with Gasteiger partial charge in [-0.15, -0.1) is 24.8 Å². The Morgan fingerprint density at radius 1 is 1.18 bits per heavy atom. The number of halogens is 2. The van der Waals surface area contributed by atoms with Gasteiger partial charge in [0.2, 0.25) is 5.91 Å². The van der Waals surface area contributed by atoms with Gasteiger partial charge in [-0.05, 0) is 32.0 Å². The molecule has 0 aliphatic carbocycles. The number of benzene rings is 1. The summed E-state index contributed by atoms with van der Waals surface area (Å²) < 4.78 is 1.95. The number of hydrogen-bond acceptors (Lipinski definition) is 3. The average molecular weight is 347 g/mol. The molecule has 1 heterocycles. The van der Waals surface area contributed by atoms with Crippen LogP contribution in [0.3, 0.4) is 0 Å². The maximum absolute atomic E-state index is 12.0. The van der Waals surface area contributed by atoms with Crippen LogP contribution in [0.4, 0.5) is 0 Å².